The molecule has 0 aromatic heterocycles. The molecule has 1 aromatic carbocycles. The quantitative estimate of drug-likeness (QED) is 0.901. The molecule has 2 atom stereocenters. The van der Waals surface area contributed by atoms with Gasteiger partial charge in [0.1, 0.15) is 0 Å². The van der Waals surface area contributed by atoms with Crippen molar-refractivity contribution in [3.63, 3.8) is 0 Å². The van der Waals surface area contributed by atoms with Crippen LogP contribution < -0.4 is 15.1 Å². The number of piperazine rings is 1. The second-order valence-corrected chi connectivity index (χ2v) is 7.17. The van der Waals surface area contributed by atoms with Crippen molar-refractivity contribution in [3.8, 4) is 0 Å². The Kier molecular flexibility index (Phi) is 3.33. The Labute approximate surface area is 128 Å². The normalized spacial score (nSPS) is 29.4. The van der Waals surface area contributed by atoms with Crippen LogP contribution in [0, 0.1) is 11.8 Å². The minimum atomic E-state index is 0.766. The van der Waals surface area contributed by atoms with Crippen LogP contribution in [-0.2, 0) is 6.42 Å². The number of hydrogen-bond donors (Lipinski definition) is 1. The summed E-state index contributed by atoms with van der Waals surface area (Å²) in [6.07, 6.45) is 4.13. The average Bonchev–Trinajstić information content (AvgIpc) is 3.32. The maximum atomic E-state index is 3.44. The van der Waals surface area contributed by atoms with Gasteiger partial charge in [0.25, 0.3) is 0 Å². The third-order valence-electron chi connectivity index (χ3n) is 5.60. The van der Waals surface area contributed by atoms with Gasteiger partial charge in [-0.25, -0.2) is 0 Å². The van der Waals surface area contributed by atoms with E-state index in [1.54, 1.807) is 5.56 Å². The van der Waals surface area contributed by atoms with Crippen LogP contribution in [0.15, 0.2) is 18.2 Å². The van der Waals surface area contributed by atoms with Gasteiger partial charge in [0.05, 0.1) is 0 Å². The molecule has 0 amide bonds. The van der Waals surface area contributed by atoms with Gasteiger partial charge in [-0.2, -0.15) is 0 Å². The zero-order valence-electron chi connectivity index (χ0n) is 13.3. The average molecular weight is 285 g/mol. The predicted octanol–water partition coefficient (Wildman–Crippen LogP) is 2.50. The third kappa shape index (κ3) is 2.42. The molecular formula is C18H27N3. The van der Waals surface area contributed by atoms with E-state index in [2.05, 4.69) is 47.3 Å². The van der Waals surface area contributed by atoms with E-state index in [0.29, 0.717) is 0 Å². The van der Waals surface area contributed by atoms with Crippen LogP contribution in [0.1, 0.15) is 25.3 Å². The smallest absolute Gasteiger partial charge is 0.0400 e. The van der Waals surface area contributed by atoms with Gasteiger partial charge >= 0.3 is 0 Å². The monoisotopic (exact) mass is 285 g/mol. The summed E-state index contributed by atoms with van der Waals surface area (Å²) >= 11 is 0. The standard InChI is InChI=1S/C18H27N3/c1-13-11-15-12-16(21-9-7-19-8-10-21)5-6-17(15)20(2)18(13)14-3-4-14/h5-6,12-14,18-19H,3-4,7-11H2,1-2H3/t13?,18-/m1/s1. The molecule has 3 aliphatic rings. The lowest BCUT2D eigenvalue weighted by molar-refractivity contribution is 0.381. The predicted molar refractivity (Wildman–Crippen MR) is 89.3 cm³/mol. The van der Waals surface area contributed by atoms with Crippen LogP contribution in [0.5, 0.6) is 0 Å². The summed E-state index contributed by atoms with van der Waals surface area (Å²) in [6, 6.07) is 7.92. The highest BCUT2D eigenvalue weighted by Gasteiger charge is 2.40. The largest absolute Gasteiger partial charge is 0.371 e. The number of fused-ring (bicyclic) bond motifs is 1. The summed E-state index contributed by atoms with van der Waals surface area (Å²) in [5, 5.41) is 3.44. The molecule has 1 saturated carbocycles. The highest BCUT2D eigenvalue weighted by Crippen LogP contribution is 2.45. The van der Waals surface area contributed by atoms with Gasteiger partial charge in [-0.15, -0.1) is 0 Å². The van der Waals surface area contributed by atoms with Crippen LogP contribution in [0.2, 0.25) is 0 Å². The van der Waals surface area contributed by atoms with Crippen LogP contribution in [0.3, 0.4) is 0 Å². The van der Waals surface area contributed by atoms with Crippen LogP contribution in [-0.4, -0.2) is 39.3 Å². The first-order valence-electron chi connectivity index (χ1n) is 8.55. The first-order valence-corrected chi connectivity index (χ1v) is 8.55. The van der Waals surface area contributed by atoms with Crippen LogP contribution >= 0.6 is 0 Å². The van der Waals surface area contributed by atoms with Gasteiger partial charge in [0.15, 0.2) is 0 Å². The van der Waals surface area contributed by atoms with Crippen molar-refractivity contribution in [1.29, 1.82) is 0 Å². The Balaban J connectivity index is 1.61. The molecule has 3 heteroatoms. The number of nitrogens with zero attached hydrogens (tertiary/aromatic N) is 2. The minimum absolute atomic E-state index is 0.766. The molecular weight excluding hydrogens is 258 g/mol. The summed E-state index contributed by atoms with van der Waals surface area (Å²) in [6.45, 7) is 6.93. The van der Waals surface area contributed by atoms with Crippen molar-refractivity contribution in [2.45, 2.75) is 32.2 Å². The molecule has 2 fully saturated rings. The van der Waals surface area contributed by atoms with Gasteiger partial charge in [-0.05, 0) is 54.9 Å². The van der Waals surface area contributed by atoms with E-state index in [1.807, 2.05) is 0 Å². The lowest BCUT2D eigenvalue weighted by Gasteiger charge is -2.41. The first kappa shape index (κ1) is 13.4. The third-order valence-corrected chi connectivity index (χ3v) is 5.60. The fourth-order valence-electron chi connectivity index (χ4n) is 4.43. The summed E-state index contributed by atoms with van der Waals surface area (Å²) in [7, 11) is 2.31. The van der Waals surface area contributed by atoms with E-state index in [-0.39, 0.29) is 0 Å². The molecule has 0 radical (unpaired) electrons. The topological polar surface area (TPSA) is 18.5 Å². The Morgan fingerprint density at radius 3 is 2.62 bits per heavy atom. The van der Waals surface area contributed by atoms with Gasteiger partial charge in [-0.1, -0.05) is 6.92 Å². The van der Waals surface area contributed by atoms with E-state index >= 15 is 0 Å². The summed E-state index contributed by atoms with van der Waals surface area (Å²) in [5.41, 5.74) is 4.45. The fraction of sp³-hybridized carbons (Fsp3) is 0.667. The molecule has 114 valence electrons. The van der Waals surface area contributed by atoms with Crippen LogP contribution in [0.25, 0.3) is 0 Å². The molecule has 4 rings (SSSR count). The fourth-order valence-corrected chi connectivity index (χ4v) is 4.43. The first-order chi connectivity index (χ1) is 10.2. The zero-order valence-corrected chi connectivity index (χ0v) is 13.3. The Bertz CT molecular complexity index is 517. The van der Waals surface area contributed by atoms with E-state index in [0.717, 1.165) is 44.1 Å². The highest BCUT2D eigenvalue weighted by molar-refractivity contribution is 5.64. The SMILES string of the molecule is CC1Cc2cc(N3CCNCC3)ccc2N(C)[C@H]1C1CC1. The molecule has 2 aliphatic heterocycles. The Morgan fingerprint density at radius 2 is 1.90 bits per heavy atom. The summed E-state index contributed by atoms with van der Waals surface area (Å²) < 4.78 is 0. The van der Waals surface area contributed by atoms with Crippen molar-refractivity contribution in [1.82, 2.24) is 5.32 Å². The number of anilines is 2. The maximum absolute atomic E-state index is 3.44. The van der Waals surface area contributed by atoms with E-state index in [9.17, 15) is 0 Å². The lowest BCUT2D eigenvalue weighted by atomic mass is 9.84. The number of hydrogen-bond acceptors (Lipinski definition) is 3. The molecule has 0 bridgehead atoms. The second-order valence-electron chi connectivity index (χ2n) is 7.17. The van der Waals surface area contributed by atoms with E-state index in [1.165, 1.54) is 30.6 Å². The van der Waals surface area contributed by atoms with E-state index < -0.39 is 0 Å². The van der Waals surface area contributed by atoms with Crippen LogP contribution in [0.4, 0.5) is 11.4 Å². The molecule has 1 aliphatic carbocycles. The second kappa shape index (κ2) is 5.20. The number of benzene rings is 1. The van der Waals surface area contributed by atoms with Gasteiger partial charge in [0, 0.05) is 50.6 Å². The molecule has 1 N–H and O–H groups in total. The molecule has 2 heterocycles. The Hall–Kier alpha value is -1.22. The minimum Gasteiger partial charge on any atom is -0.371 e. The summed E-state index contributed by atoms with van der Waals surface area (Å²) in [4.78, 5) is 5.09. The van der Waals surface area contributed by atoms with Crippen molar-refractivity contribution < 1.29 is 0 Å². The molecule has 1 unspecified atom stereocenters. The van der Waals surface area contributed by atoms with Crippen molar-refractivity contribution in [2.75, 3.05) is 43.0 Å². The van der Waals surface area contributed by atoms with Gasteiger partial charge < -0.3 is 15.1 Å². The Morgan fingerprint density at radius 1 is 1.14 bits per heavy atom. The maximum Gasteiger partial charge on any atom is 0.0400 e. The number of nitrogens with one attached hydrogen (secondary N) is 1. The van der Waals surface area contributed by atoms with E-state index in [4.69, 9.17) is 0 Å². The van der Waals surface area contributed by atoms with Gasteiger partial charge in [0.2, 0.25) is 0 Å². The number of rotatable bonds is 2. The molecule has 1 saturated heterocycles. The zero-order chi connectivity index (χ0) is 14.4. The summed E-state index contributed by atoms with van der Waals surface area (Å²) in [5.74, 6) is 1.74. The molecule has 3 nitrogen and oxygen atoms in total. The molecule has 0 spiro atoms. The van der Waals surface area contributed by atoms with Crippen molar-refractivity contribution >= 4 is 11.4 Å². The molecule has 21 heavy (non-hydrogen) atoms. The van der Waals surface area contributed by atoms with Gasteiger partial charge in [-0.3, -0.25) is 0 Å². The highest BCUT2D eigenvalue weighted by atomic mass is 15.2. The molecule has 1 aromatic rings. The van der Waals surface area contributed by atoms with Crippen molar-refractivity contribution in [3.05, 3.63) is 23.8 Å². The van der Waals surface area contributed by atoms with Crippen molar-refractivity contribution in [2.24, 2.45) is 11.8 Å². The lowest BCUT2D eigenvalue weighted by Crippen LogP contribution is -2.44.